The third-order valence-electron chi connectivity index (χ3n) is 3.20. The zero-order valence-electron chi connectivity index (χ0n) is 9.56. The number of anilines is 2. The number of benzene rings is 1. The van der Waals surface area contributed by atoms with Crippen molar-refractivity contribution in [3.05, 3.63) is 53.7 Å². The Morgan fingerprint density at radius 1 is 1.12 bits per heavy atom. The van der Waals surface area contributed by atoms with Gasteiger partial charge in [-0.2, -0.15) is 0 Å². The third kappa shape index (κ3) is 2.09. The summed E-state index contributed by atoms with van der Waals surface area (Å²) in [5.41, 5.74) is 9.62. The molecular weight excluding hydrogens is 210 g/mol. The lowest BCUT2D eigenvalue weighted by atomic mass is 10.1. The van der Waals surface area contributed by atoms with E-state index in [1.54, 1.807) is 6.20 Å². The van der Waals surface area contributed by atoms with E-state index in [9.17, 15) is 0 Å². The van der Waals surface area contributed by atoms with Crippen LogP contribution in [0.15, 0.2) is 42.6 Å². The van der Waals surface area contributed by atoms with Crippen molar-refractivity contribution in [3.63, 3.8) is 0 Å². The molecule has 0 saturated heterocycles. The Hall–Kier alpha value is -2.03. The molecule has 2 aromatic rings. The number of nitrogens with zero attached hydrogens (tertiary/aromatic N) is 1. The molecule has 3 nitrogen and oxygen atoms in total. The molecule has 3 rings (SSSR count). The van der Waals surface area contributed by atoms with Crippen LogP contribution in [0.1, 0.15) is 11.1 Å². The highest BCUT2D eigenvalue weighted by Crippen LogP contribution is 2.24. The number of hydrogen-bond acceptors (Lipinski definition) is 3. The molecule has 1 aromatic heterocycles. The predicted octanol–water partition coefficient (Wildman–Crippen LogP) is 2.24. The van der Waals surface area contributed by atoms with Crippen LogP contribution in [0, 0.1) is 0 Å². The molecule has 1 heterocycles. The average molecular weight is 225 g/mol. The van der Waals surface area contributed by atoms with Gasteiger partial charge >= 0.3 is 0 Å². The van der Waals surface area contributed by atoms with E-state index in [4.69, 9.17) is 5.73 Å². The van der Waals surface area contributed by atoms with Gasteiger partial charge < -0.3 is 11.1 Å². The summed E-state index contributed by atoms with van der Waals surface area (Å²) in [6.45, 7) is 0. The first-order valence-electron chi connectivity index (χ1n) is 5.86. The van der Waals surface area contributed by atoms with Crippen molar-refractivity contribution in [1.29, 1.82) is 0 Å². The molecule has 0 bridgehead atoms. The highest BCUT2D eigenvalue weighted by Gasteiger charge is 2.20. The van der Waals surface area contributed by atoms with E-state index in [-0.39, 0.29) is 0 Å². The summed E-state index contributed by atoms with van der Waals surface area (Å²) < 4.78 is 0. The molecule has 1 aliphatic carbocycles. The molecule has 0 aliphatic heterocycles. The van der Waals surface area contributed by atoms with Gasteiger partial charge in [0, 0.05) is 24.0 Å². The van der Waals surface area contributed by atoms with Crippen LogP contribution < -0.4 is 11.1 Å². The zero-order chi connectivity index (χ0) is 11.7. The van der Waals surface area contributed by atoms with Gasteiger partial charge in [0.25, 0.3) is 0 Å². The van der Waals surface area contributed by atoms with Crippen molar-refractivity contribution in [2.24, 2.45) is 0 Å². The number of nitrogen functional groups attached to an aromatic ring is 1. The summed E-state index contributed by atoms with van der Waals surface area (Å²) in [7, 11) is 0. The molecule has 3 N–H and O–H groups in total. The molecule has 0 atom stereocenters. The number of rotatable bonds is 2. The fourth-order valence-electron chi connectivity index (χ4n) is 2.43. The summed E-state index contributed by atoms with van der Waals surface area (Å²) in [6.07, 6.45) is 3.90. The predicted molar refractivity (Wildman–Crippen MR) is 69.9 cm³/mol. The molecule has 0 amide bonds. The Morgan fingerprint density at radius 2 is 1.82 bits per heavy atom. The van der Waals surface area contributed by atoms with Crippen molar-refractivity contribution in [2.75, 3.05) is 11.1 Å². The summed E-state index contributed by atoms with van der Waals surface area (Å²) in [6, 6.07) is 12.9. The number of aromatic nitrogens is 1. The summed E-state index contributed by atoms with van der Waals surface area (Å²) >= 11 is 0. The lowest BCUT2D eigenvalue weighted by Crippen LogP contribution is -2.19. The minimum absolute atomic E-state index is 0.467. The van der Waals surface area contributed by atoms with Crippen LogP contribution in [0.3, 0.4) is 0 Å². The molecule has 0 radical (unpaired) electrons. The van der Waals surface area contributed by atoms with Crippen LogP contribution in [0.2, 0.25) is 0 Å². The molecule has 0 fully saturated rings. The average Bonchev–Trinajstić information content (AvgIpc) is 2.71. The van der Waals surface area contributed by atoms with E-state index in [0.29, 0.717) is 11.9 Å². The molecule has 86 valence electrons. The topological polar surface area (TPSA) is 50.9 Å². The maximum absolute atomic E-state index is 5.67. The largest absolute Gasteiger partial charge is 0.384 e. The quantitative estimate of drug-likeness (QED) is 0.824. The van der Waals surface area contributed by atoms with Crippen LogP contribution in [0.5, 0.6) is 0 Å². The van der Waals surface area contributed by atoms with Gasteiger partial charge in [-0.1, -0.05) is 24.3 Å². The molecule has 0 saturated carbocycles. The summed E-state index contributed by atoms with van der Waals surface area (Å²) in [4.78, 5) is 3.99. The first kappa shape index (κ1) is 10.1. The van der Waals surface area contributed by atoms with E-state index in [1.165, 1.54) is 11.1 Å². The van der Waals surface area contributed by atoms with Crippen LogP contribution in [-0.4, -0.2) is 11.0 Å². The van der Waals surface area contributed by atoms with Crippen LogP contribution in [0.4, 0.5) is 11.5 Å². The summed E-state index contributed by atoms with van der Waals surface area (Å²) in [5, 5.41) is 3.51. The molecule has 0 unspecified atom stereocenters. The normalized spacial score (nSPS) is 14.6. The van der Waals surface area contributed by atoms with Gasteiger partial charge in [0.2, 0.25) is 0 Å². The lowest BCUT2D eigenvalue weighted by Gasteiger charge is -2.13. The number of nitrogens with two attached hydrogens (primary N) is 1. The van der Waals surface area contributed by atoms with Gasteiger partial charge in [0.05, 0.1) is 0 Å². The Bertz CT molecular complexity index is 511. The van der Waals surface area contributed by atoms with Gasteiger partial charge in [0.1, 0.15) is 5.82 Å². The minimum atomic E-state index is 0.467. The Kier molecular flexibility index (Phi) is 2.44. The number of hydrogen-bond donors (Lipinski definition) is 2. The standard InChI is InChI=1S/C14H15N3/c15-14-9-12(5-6-16-14)17-13-7-10-3-1-2-4-11(10)8-13/h1-6,9,13H,7-8H2,(H3,15,16,17). The van der Waals surface area contributed by atoms with Gasteiger partial charge in [0.15, 0.2) is 0 Å². The maximum Gasteiger partial charge on any atom is 0.125 e. The molecule has 0 spiro atoms. The van der Waals surface area contributed by atoms with E-state index in [1.807, 2.05) is 12.1 Å². The fraction of sp³-hybridized carbons (Fsp3) is 0.214. The zero-order valence-corrected chi connectivity index (χ0v) is 9.56. The molecule has 1 aliphatic rings. The van der Waals surface area contributed by atoms with E-state index in [2.05, 4.69) is 34.6 Å². The number of pyridine rings is 1. The van der Waals surface area contributed by atoms with Crippen molar-refractivity contribution in [1.82, 2.24) is 4.98 Å². The van der Waals surface area contributed by atoms with Crippen molar-refractivity contribution in [3.8, 4) is 0 Å². The Morgan fingerprint density at radius 3 is 2.47 bits per heavy atom. The highest BCUT2D eigenvalue weighted by molar-refractivity contribution is 5.51. The lowest BCUT2D eigenvalue weighted by molar-refractivity contribution is 0.774. The van der Waals surface area contributed by atoms with E-state index >= 15 is 0 Å². The Labute approximate surface area is 101 Å². The van der Waals surface area contributed by atoms with Crippen LogP contribution in [-0.2, 0) is 12.8 Å². The minimum Gasteiger partial charge on any atom is -0.384 e. The second-order valence-electron chi connectivity index (χ2n) is 4.49. The first-order valence-corrected chi connectivity index (χ1v) is 5.86. The Balaban J connectivity index is 1.74. The van der Waals surface area contributed by atoms with E-state index < -0.39 is 0 Å². The number of fused-ring (bicyclic) bond motifs is 1. The molecule has 3 heteroatoms. The van der Waals surface area contributed by atoms with Crippen LogP contribution >= 0.6 is 0 Å². The van der Waals surface area contributed by atoms with Gasteiger partial charge in [-0.15, -0.1) is 0 Å². The van der Waals surface area contributed by atoms with Gasteiger partial charge in [-0.05, 0) is 30.0 Å². The van der Waals surface area contributed by atoms with Crippen molar-refractivity contribution >= 4 is 11.5 Å². The third-order valence-corrected chi connectivity index (χ3v) is 3.20. The monoisotopic (exact) mass is 225 g/mol. The first-order chi connectivity index (χ1) is 8.31. The smallest absolute Gasteiger partial charge is 0.125 e. The molecule has 17 heavy (non-hydrogen) atoms. The molecule has 1 aromatic carbocycles. The van der Waals surface area contributed by atoms with Gasteiger partial charge in [-0.3, -0.25) is 0 Å². The summed E-state index contributed by atoms with van der Waals surface area (Å²) in [5.74, 6) is 0.561. The fourth-order valence-corrected chi connectivity index (χ4v) is 2.43. The van der Waals surface area contributed by atoms with E-state index in [0.717, 1.165) is 18.5 Å². The molecular formula is C14H15N3. The second kappa shape index (κ2) is 4.09. The second-order valence-corrected chi connectivity index (χ2v) is 4.49. The van der Waals surface area contributed by atoms with Crippen LogP contribution in [0.25, 0.3) is 0 Å². The maximum atomic E-state index is 5.67. The SMILES string of the molecule is Nc1cc(NC2Cc3ccccc3C2)ccn1. The number of nitrogens with one attached hydrogen (secondary N) is 1. The van der Waals surface area contributed by atoms with Crippen molar-refractivity contribution < 1.29 is 0 Å². The van der Waals surface area contributed by atoms with Gasteiger partial charge in [-0.25, -0.2) is 4.98 Å². The van der Waals surface area contributed by atoms with Crippen molar-refractivity contribution in [2.45, 2.75) is 18.9 Å². The highest BCUT2D eigenvalue weighted by atomic mass is 14.9.